The number of carbonyl (C=O) groups is 1. The highest BCUT2D eigenvalue weighted by Gasteiger charge is 2.30. The van der Waals surface area contributed by atoms with Crippen LogP contribution in [0.25, 0.3) is 15.8 Å². The van der Waals surface area contributed by atoms with Gasteiger partial charge in [0.05, 0.1) is 27.7 Å². The molecule has 0 aliphatic carbocycles. The summed E-state index contributed by atoms with van der Waals surface area (Å²) in [6, 6.07) is 14.4. The zero-order chi connectivity index (χ0) is 22.7. The maximum Gasteiger partial charge on any atom is 0.250 e. The molecule has 0 fully saturated rings. The summed E-state index contributed by atoms with van der Waals surface area (Å²) in [6.45, 7) is 9.89. The lowest BCUT2D eigenvalue weighted by atomic mass is 9.88. The van der Waals surface area contributed by atoms with Crippen molar-refractivity contribution in [3.63, 3.8) is 0 Å². The van der Waals surface area contributed by atoms with Gasteiger partial charge in [-0.1, -0.05) is 43.0 Å². The Morgan fingerprint density at radius 3 is 2.88 bits per heavy atom. The lowest BCUT2D eigenvalue weighted by Crippen LogP contribution is -2.45. The summed E-state index contributed by atoms with van der Waals surface area (Å²) >= 11 is 3.03. The highest BCUT2D eigenvalue weighted by molar-refractivity contribution is 8.01. The average Bonchev–Trinajstić information content (AvgIpc) is 3.18. The van der Waals surface area contributed by atoms with Gasteiger partial charge in [-0.3, -0.25) is 4.79 Å². The van der Waals surface area contributed by atoms with Gasteiger partial charge in [0.2, 0.25) is 0 Å². The van der Waals surface area contributed by atoms with E-state index in [1.807, 2.05) is 24.3 Å². The van der Waals surface area contributed by atoms with Crippen LogP contribution >= 0.6 is 23.1 Å². The van der Waals surface area contributed by atoms with Gasteiger partial charge in [-0.05, 0) is 62.6 Å². The van der Waals surface area contributed by atoms with Crippen LogP contribution in [0.2, 0.25) is 0 Å². The predicted octanol–water partition coefficient (Wildman–Crippen LogP) is 5.95. The van der Waals surface area contributed by atoms with E-state index in [-0.39, 0.29) is 17.2 Å². The van der Waals surface area contributed by atoms with E-state index in [1.54, 1.807) is 17.6 Å². The normalized spacial score (nSPS) is 15.1. The molecule has 0 saturated carbocycles. The fourth-order valence-corrected chi connectivity index (χ4v) is 5.93. The van der Waals surface area contributed by atoms with Crippen molar-refractivity contribution in [3.8, 4) is 0 Å². The molecule has 4 rings (SSSR count). The lowest BCUT2D eigenvalue weighted by Gasteiger charge is -2.43. The molecule has 3 aromatic rings. The van der Waals surface area contributed by atoms with Crippen LogP contribution in [-0.2, 0) is 4.79 Å². The second-order valence-electron chi connectivity index (χ2n) is 8.44. The SMILES string of the molecule is CCCN1c2ccc(/C=N/NC(=O)CSc3nc4ccccc4s3)cc2C(C)=CC1(C)C. The molecule has 1 aliphatic heterocycles. The third-order valence-corrected chi connectivity index (χ3v) is 7.63. The summed E-state index contributed by atoms with van der Waals surface area (Å²) < 4.78 is 2.02. The molecular formula is C25H28N4OS2. The van der Waals surface area contributed by atoms with E-state index in [0.29, 0.717) is 0 Å². The summed E-state index contributed by atoms with van der Waals surface area (Å²) in [5.41, 5.74) is 8.30. The van der Waals surface area contributed by atoms with Crippen molar-refractivity contribution in [2.24, 2.45) is 5.10 Å². The maximum atomic E-state index is 12.2. The smallest absolute Gasteiger partial charge is 0.250 e. The fraction of sp³-hybridized carbons (Fsp3) is 0.320. The van der Waals surface area contributed by atoms with Gasteiger partial charge in [-0.15, -0.1) is 11.3 Å². The number of nitrogens with one attached hydrogen (secondary N) is 1. The number of para-hydroxylation sites is 1. The Labute approximate surface area is 197 Å². The second kappa shape index (κ2) is 9.46. The first-order chi connectivity index (χ1) is 15.4. The van der Waals surface area contributed by atoms with Crippen LogP contribution in [-0.4, -0.2) is 34.9 Å². The predicted molar refractivity (Wildman–Crippen MR) is 138 cm³/mol. The molecular weight excluding hydrogens is 436 g/mol. The summed E-state index contributed by atoms with van der Waals surface area (Å²) in [6.07, 6.45) is 5.13. The molecule has 1 amide bonds. The fourth-order valence-electron chi connectivity index (χ4n) is 4.06. The van der Waals surface area contributed by atoms with Gasteiger partial charge >= 0.3 is 0 Å². The first kappa shape index (κ1) is 22.6. The minimum atomic E-state index is -0.143. The Morgan fingerprint density at radius 1 is 1.28 bits per heavy atom. The minimum absolute atomic E-state index is 0.00237. The van der Waals surface area contributed by atoms with Crippen molar-refractivity contribution in [2.45, 2.75) is 44.0 Å². The molecule has 1 aromatic heterocycles. The number of amides is 1. The van der Waals surface area contributed by atoms with E-state index >= 15 is 0 Å². The van der Waals surface area contributed by atoms with E-state index < -0.39 is 0 Å². The largest absolute Gasteiger partial charge is 0.362 e. The Bertz CT molecular complexity index is 1160. The highest BCUT2D eigenvalue weighted by Crippen LogP contribution is 2.39. The van der Waals surface area contributed by atoms with Gasteiger partial charge in [0.15, 0.2) is 4.34 Å². The number of aromatic nitrogens is 1. The lowest BCUT2D eigenvalue weighted by molar-refractivity contribution is -0.118. The maximum absolute atomic E-state index is 12.2. The third-order valence-electron chi connectivity index (χ3n) is 5.45. The highest BCUT2D eigenvalue weighted by atomic mass is 32.2. The monoisotopic (exact) mass is 464 g/mol. The van der Waals surface area contributed by atoms with Crippen molar-refractivity contribution in [1.82, 2.24) is 10.4 Å². The van der Waals surface area contributed by atoms with Gasteiger partial charge in [0, 0.05) is 17.8 Å². The summed E-state index contributed by atoms with van der Waals surface area (Å²) in [5.74, 6) is 0.139. The number of thiazole rings is 1. The van der Waals surface area contributed by atoms with Crippen molar-refractivity contribution >= 4 is 56.7 Å². The van der Waals surface area contributed by atoms with Crippen LogP contribution in [0.4, 0.5) is 5.69 Å². The number of hydrogen-bond acceptors (Lipinski definition) is 6. The number of rotatable bonds is 7. The molecule has 0 radical (unpaired) electrons. The number of carbonyl (C=O) groups excluding carboxylic acids is 1. The van der Waals surface area contributed by atoms with Crippen LogP contribution in [0.3, 0.4) is 0 Å². The van der Waals surface area contributed by atoms with Crippen molar-refractivity contribution in [3.05, 3.63) is 59.7 Å². The second-order valence-corrected chi connectivity index (χ2v) is 10.7. The number of hydrazone groups is 1. The molecule has 2 heterocycles. The molecule has 1 N–H and O–H groups in total. The van der Waals surface area contributed by atoms with Crippen LogP contribution in [0.1, 0.15) is 45.2 Å². The molecule has 0 unspecified atom stereocenters. The zero-order valence-electron chi connectivity index (χ0n) is 18.9. The molecule has 32 heavy (non-hydrogen) atoms. The molecule has 0 bridgehead atoms. The molecule has 0 atom stereocenters. The zero-order valence-corrected chi connectivity index (χ0v) is 20.5. The molecule has 0 saturated heterocycles. The molecule has 5 nitrogen and oxygen atoms in total. The van der Waals surface area contributed by atoms with Gasteiger partial charge in [0.25, 0.3) is 5.91 Å². The van der Waals surface area contributed by atoms with Crippen LogP contribution in [0, 0.1) is 0 Å². The Balaban J connectivity index is 1.38. The number of benzene rings is 2. The van der Waals surface area contributed by atoms with Crippen molar-refractivity contribution in [2.75, 3.05) is 17.2 Å². The van der Waals surface area contributed by atoms with E-state index in [1.165, 1.54) is 28.6 Å². The third kappa shape index (κ3) is 4.89. The van der Waals surface area contributed by atoms with E-state index in [9.17, 15) is 4.79 Å². The van der Waals surface area contributed by atoms with Crippen LogP contribution < -0.4 is 10.3 Å². The van der Waals surface area contributed by atoms with E-state index in [2.05, 4.69) is 72.4 Å². The number of allylic oxidation sites excluding steroid dienone is 1. The Morgan fingerprint density at radius 2 is 2.09 bits per heavy atom. The molecule has 1 aliphatic rings. The molecule has 2 aromatic carbocycles. The molecule has 0 spiro atoms. The van der Waals surface area contributed by atoms with E-state index in [0.717, 1.165) is 33.1 Å². The number of fused-ring (bicyclic) bond motifs is 2. The van der Waals surface area contributed by atoms with Crippen molar-refractivity contribution < 1.29 is 4.79 Å². The van der Waals surface area contributed by atoms with Crippen LogP contribution in [0.5, 0.6) is 0 Å². The Hall–Kier alpha value is -2.64. The topological polar surface area (TPSA) is 57.6 Å². The number of anilines is 1. The first-order valence-corrected chi connectivity index (χ1v) is 12.6. The van der Waals surface area contributed by atoms with Gasteiger partial charge in [0.1, 0.15) is 0 Å². The summed E-state index contributed by atoms with van der Waals surface area (Å²) in [4.78, 5) is 19.2. The average molecular weight is 465 g/mol. The minimum Gasteiger partial charge on any atom is -0.362 e. The number of nitrogens with zero attached hydrogens (tertiary/aromatic N) is 3. The van der Waals surface area contributed by atoms with Crippen molar-refractivity contribution in [1.29, 1.82) is 0 Å². The van der Waals surface area contributed by atoms with E-state index in [4.69, 9.17) is 0 Å². The number of thioether (sulfide) groups is 1. The standard InChI is InChI=1S/C25H28N4OS2/c1-5-12-29-21-11-10-18(13-19(21)17(2)14-25(29,3)4)15-26-28-23(30)16-31-24-27-20-8-6-7-9-22(20)32-24/h6-11,13-15H,5,12,16H2,1-4H3,(H,28,30)/b26-15+. The molecule has 166 valence electrons. The van der Waals surface area contributed by atoms with Gasteiger partial charge in [-0.2, -0.15) is 5.10 Å². The Kier molecular flexibility index (Phi) is 6.67. The summed E-state index contributed by atoms with van der Waals surface area (Å²) in [5, 5.41) is 4.17. The quantitative estimate of drug-likeness (QED) is 0.267. The first-order valence-electron chi connectivity index (χ1n) is 10.8. The van der Waals surface area contributed by atoms with Gasteiger partial charge < -0.3 is 4.90 Å². The number of hydrogen-bond donors (Lipinski definition) is 1. The summed E-state index contributed by atoms with van der Waals surface area (Å²) in [7, 11) is 0. The molecule has 7 heteroatoms. The van der Waals surface area contributed by atoms with Crippen LogP contribution in [0.15, 0.2) is 58.0 Å². The van der Waals surface area contributed by atoms with Gasteiger partial charge in [-0.25, -0.2) is 10.4 Å².